The summed E-state index contributed by atoms with van der Waals surface area (Å²) in [5, 5.41) is 9.09. The highest BCUT2D eigenvalue weighted by atomic mass is 16.1. The Morgan fingerprint density at radius 3 is 1.73 bits per heavy atom. The molecule has 3 heteroatoms. The average Bonchev–Trinajstić information content (AvgIpc) is 2.57. The Hall–Kier alpha value is -3.25. The van der Waals surface area contributed by atoms with Crippen LogP contribution < -0.4 is 0 Å². The van der Waals surface area contributed by atoms with E-state index in [1.54, 1.807) is 36.4 Å². The molecule has 0 N–H and O–H groups in total. The highest BCUT2D eigenvalue weighted by molar-refractivity contribution is 6.50. The predicted molar refractivity (Wildman–Crippen MR) is 83.4 cm³/mol. The van der Waals surface area contributed by atoms with Gasteiger partial charge in [-0.05, 0) is 11.1 Å². The molecule has 0 spiro atoms. The Bertz CT molecular complexity index is 853. The van der Waals surface area contributed by atoms with Crippen LogP contribution >= 0.6 is 0 Å². The van der Waals surface area contributed by atoms with Crippen LogP contribution in [-0.4, -0.2) is 11.6 Å². The molecule has 1 aliphatic carbocycles. The minimum absolute atomic E-state index is 0.122. The number of carbonyl (C=O) groups excluding carboxylic acids is 2. The van der Waals surface area contributed by atoms with E-state index in [4.69, 9.17) is 5.26 Å². The van der Waals surface area contributed by atoms with Gasteiger partial charge in [0.25, 0.3) is 0 Å². The smallest absolute Gasteiger partial charge is 0.205 e. The third-order valence-corrected chi connectivity index (χ3v) is 3.49. The van der Waals surface area contributed by atoms with E-state index in [1.165, 1.54) is 0 Å². The second kappa shape index (κ2) is 5.63. The first kappa shape index (κ1) is 13.7. The van der Waals surface area contributed by atoms with Crippen LogP contribution in [0.4, 0.5) is 0 Å². The SMILES string of the molecule is N#CC1=CC(=O)C(c2ccccc2)=C(c2ccccc2)C1=O. The molecule has 3 nitrogen and oxygen atoms in total. The molecule has 2 aromatic carbocycles. The highest BCUT2D eigenvalue weighted by Crippen LogP contribution is 2.33. The Morgan fingerprint density at radius 2 is 1.23 bits per heavy atom. The van der Waals surface area contributed by atoms with Crippen molar-refractivity contribution in [2.24, 2.45) is 0 Å². The van der Waals surface area contributed by atoms with E-state index in [0.29, 0.717) is 16.7 Å². The van der Waals surface area contributed by atoms with Gasteiger partial charge in [-0.2, -0.15) is 5.26 Å². The van der Waals surface area contributed by atoms with Gasteiger partial charge in [0, 0.05) is 17.2 Å². The number of rotatable bonds is 2. The van der Waals surface area contributed by atoms with Crippen LogP contribution in [0.2, 0.25) is 0 Å². The van der Waals surface area contributed by atoms with Gasteiger partial charge in [0.05, 0.1) is 0 Å². The average molecular weight is 285 g/mol. The number of ketones is 2. The molecular weight excluding hydrogens is 274 g/mol. The van der Waals surface area contributed by atoms with Gasteiger partial charge in [-0.1, -0.05) is 60.7 Å². The first-order valence-electron chi connectivity index (χ1n) is 6.78. The summed E-state index contributed by atoms with van der Waals surface area (Å²) in [5.74, 6) is -0.728. The van der Waals surface area contributed by atoms with Gasteiger partial charge in [-0.15, -0.1) is 0 Å². The number of nitriles is 1. The van der Waals surface area contributed by atoms with Gasteiger partial charge in [-0.3, -0.25) is 9.59 Å². The van der Waals surface area contributed by atoms with E-state index < -0.39 is 5.78 Å². The summed E-state index contributed by atoms with van der Waals surface area (Å²) in [4.78, 5) is 25.0. The first-order valence-corrected chi connectivity index (χ1v) is 6.78. The molecule has 0 radical (unpaired) electrons. The zero-order valence-corrected chi connectivity index (χ0v) is 11.6. The summed E-state index contributed by atoms with van der Waals surface area (Å²) < 4.78 is 0. The number of allylic oxidation sites excluding steroid dienone is 4. The van der Waals surface area contributed by atoms with Crippen LogP contribution in [-0.2, 0) is 9.59 Å². The van der Waals surface area contributed by atoms with Crippen molar-refractivity contribution in [1.82, 2.24) is 0 Å². The van der Waals surface area contributed by atoms with Gasteiger partial charge in [0.2, 0.25) is 5.78 Å². The van der Waals surface area contributed by atoms with E-state index in [0.717, 1.165) is 6.08 Å². The second-order valence-electron chi connectivity index (χ2n) is 4.85. The number of hydrogen-bond donors (Lipinski definition) is 0. The summed E-state index contributed by atoms with van der Waals surface area (Å²) in [6.07, 6.45) is 1.12. The van der Waals surface area contributed by atoms with Crippen molar-refractivity contribution < 1.29 is 9.59 Å². The van der Waals surface area contributed by atoms with E-state index in [2.05, 4.69) is 0 Å². The largest absolute Gasteiger partial charge is 0.289 e. The molecule has 0 saturated carbocycles. The molecule has 0 heterocycles. The molecule has 0 aromatic heterocycles. The summed E-state index contributed by atoms with van der Waals surface area (Å²) in [6.45, 7) is 0. The minimum atomic E-state index is -0.410. The van der Waals surface area contributed by atoms with Crippen molar-refractivity contribution in [3.8, 4) is 6.07 Å². The first-order chi connectivity index (χ1) is 10.7. The lowest BCUT2D eigenvalue weighted by Crippen LogP contribution is -2.17. The summed E-state index contributed by atoms with van der Waals surface area (Å²) in [5.41, 5.74) is 1.82. The van der Waals surface area contributed by atoms with Gasteiger partial charge in [-0.25, -0.2) is 0 Å². The molecular formula is C19H11NO2. The molecule has 3 rings (SSSR count). The molecule has 0 aliphatic heterocycles. The molecule has 0 saturated heterocycles. The molecule has 22 heavy (non-hydrogen) atoms. The lowest BCUT2D eigenvalue weighted by Gasteiger charge is -2.17. The topological polar surface area (TPSA) is 57.9 Å². The molecule has 0 amide bonds. The van der Waals surface area contributed by atoms with E-state index >= 15 is 0 Å². The van der Waals surface area contributed by atoms with Crippen LogP contribution in [0.1, 0.15) is 11.1 Å². The van der Waals surface area contributed by atoms with Crippen molar-refractivity contribution >= 4 is 22.7 Å². The van der Waals surface area contributed by atoms with Crippen LogP contribution in [0, 0.1) is 11.3 Å². The zero-order chi connectivity index (χ0) is 15.5. The van der Waals surface area contributed by atoms with Crippen molar-refractivity contribution in [3.63, 3.8) is 0 Å². The number of carbonyl (C=O) groups is 2. The molecule has 2 aromatic rings. The molecule has 0 fully saturated rings. The Labute approximate surface area is 127 Å². The van der Waals surface area contributed by atoms with Crippen molar-refractivity contribution in [2.75, 3.05) is 0 Å². The monoisotopic (exact) mass is 285 g/mol. The third-order valence-electron chi connectivity index (χ3n) is 3.49. The maximum absolute atomic E-state index is 12.6. The van der Waals surface area contributed by atoms with Crippen LogP contribution in [0.5, 0.6) is 0 Å². The molecule has 104 valence electrons. The predicted octanol–water partition coefficient (Wildman–Crippen LogP) is 3.20. The lowest BCUT2D eigenvalue weighted by atomic mass is 9.83. The summed E-state index contributed by atoms with van der Waals surface area (Å²) in [7, 11) is 0. The number of nitrogens with zero attached hydrogens (tertiary/aromatic N) is 1. The Kier molecular flexibility index (Phi) is 3.51. The zero-order valence-electron chi connectivity index (χ0n) is 11.6. The van der Waals surface area contributed by atoms with E-state index in [9.17, 15) is 9.59 Å². The quantitative estimate of drug-likeness (QED) is 0.796. The summed E-state index contributed by atoms with van der Waals surface area (Å²) in [6, 6.07) is 19.8. The van der Waals surface area contributed by atoms with E-state index in [-0.39, 0.29) is 16.9 Å². The fraction of sp³-hybridized carbons (Fsp3) is 0. The standard InChI is InChI=1S/C19H11NO2/c20-12-15-11-16(21)17(13-7-3-1-4-8-13)18(19(15)22)14-9-5-2-6-10-14/h1-11H. The number of Topliss-reactive ketones (excluding diaryl/α,β-unsaturated/α-hetero) is 1. The number of hydrogen-bond acceptors (Lipinski definition) is 3. The van der Waals surface area contributed by atoms with Crippen LogP contribution in [0.3, 0.4) is 0 Å². The lowest BCUT2D eigenvalue weighted by molar-refractivity contribution is -0.113. The minimum Gasteiger partial charge on any atom is -0.289 e. The number of benzene rings is 2. The molecule has 0 atom stereocenters. The fourth-order valence-electron chi connectivity index (χ4n) is 2.49. The fourth-order valence-corrected chi connectivity index (χ4v) is 2.49. The van der Waals surface area contributed by atoms with Crippen LogP contribution in [0.25, 0.3) is 11.1 Å². The molecule has 0 unspecified atom stereocenters. The van der Waals surface area contributed by atoms with Gasteiger partial charge in [0.1, 0.15) is 11.6 Å². The second-order valence-corrected chi connectivity index (χ2v) is 4.85. The van der Waals surface area contributed by atoms with Crippen molar-refractivity contribution in [3.05, 3.63) is 83.4 Å². The van der Waals surface area contributed by atoms with Gasteiger partial charge >= 0.3 is 0 Å². The summed E-state index contributed by atoms with van der Waals surface area (Å²) >= 11 is 0. The maximum Gasteiger partial charge on any atom is 0.205 e. The van der Waals surface area contributed by atoms with Crippen LogP contribution in [0.15, 0.2) is 72.3 Å². The third kappa shape index (κ3) is 2.27. The maximum atomic E-state index is 12.6. The molecule has 1 aliphatic rings. The Morgan fingerprint density at radius 1 is 0.727 bits per heavy atom. The van der Waals surface area contributed by atoms with Crippen molar-refractivity contribution in [1.29, 1.82) is 5.26 Å². The molecule has 0 bridgehead atoms. The Balaban J connectivity index is 2.30. The normalized spacial score (nSPS) is 14.6. The highest BCUT2D eigenvalue weighted by Gasteiger charge is 2.30. The van der Waals surface area contributed by atoms with Crippen molar-refractivity contribution in [2.45, 2.75) is 0 Å². The van der Waals surface area contributed by atoms with E-state index in [1.807, 2.05) is 30.3 Å². The van der Waals surface area contributed by atoms with Gasteiger partial charge < -0.3 is 0 Å². The van der Waals surface area contributed by atoms with Gasteiger partial charge in [0.15, 0.2) is 5.78 Å².